The van der Waals surface area contributed by atoms with Crippen LogP contribution in [0, 0.1) is 11.6 Å². The van der Waals surface area contributed by atoms with Gasteiger partial charge in [-0.3, -0.25) is 0 Å². The highest BCUT2D eigenvalue weighted by Gasteiger charge is 2.07. The molecule has 5 heteroatoms. The van der Waals surface area contributed by atoms with Gasteiger partial charge in [-0.25, -0.2) is 13.6 Å². The summed E-state index contributed by atoms with van der Waals surface area (Å²) in [6.07, 6.45) is 1.48. The maximum Gasteiger partial charge on any atom is 0.328 e. The minimum atomic E-state index is -1.28. The Hall–Kier alpha value is -1.42. The van der Waals surface area contributed by atoms with E-state index in [1.165, 1.54) is 0 Å². The van der Waals surface area contributed by atoms with E-state index >= 15 is 0 Å². The normalized spacial score (nSPS) is 10.8. The fourth-order valence-corrected chi connectivity index (χ4v) is 1.06. The zero-order valence-electron chi connectivity index (χ0n) is 6.80. The lowest BCUT2D eigenvalue weighted by Crippen LogP contribution is -1.91. The molecule has 1 aromatic rings. The average Bonchev–Trinajstić information content (AvgIpc) is 2.01. The molecule has 0 saturated heterocycles. The van der Waals surface area contributed by atoms with Crippen molar-refractivity contribution in [2.24, 2.45) is 0 Å². The molecule has 0 aliphatic carbocycles. The molecule has 0 aromatic heterocycles. The van der Waals surface area contributed by atoms with Crippen molar-refractivity contribution in [1.29, 1.82) is 0 Å². The van der Waals surface area contributed by atoms with Crippen molar-refractivity contribution >= 4 is 23.6 Å². The van der Waals surface area contributed by atoms with E-state index in [2.05, 4.69) is 0 Å². The summed E-state index contributed by atoms with van der Waals surface area (Å²) in [5, 5.41) is 8.18. The van der Waals surface area contributed by atoms with Crippen LogP contribution in [0.4, 0.5) is 8.78 Å². The zero-order valence-corrected chi connectivity index (χ0v) is 7.55. The summed E-state index contributed by atoms with van der Waals surface area (Å²) >= 11 is 5.36. The maximum atomic E-state index is 13.0. The molecule has 1 rings (SSSR count). The molecule has 1 aromatic carbocycles. The number of carboxylic acids is 1. The third-order valence-corrected chi connectivity index (χ3v) is 1.65. The van der Waals surface area contributed by atoms with Crippen LogP contribution in [-0.4, -0.2) is 11.1 Å². The van der Waals surface area contributed by atoms with Crippen molar-refractivity contribution in [3.05, 3.63) is 40.4 Å². The standard InChI is InChI=1S/C9H5ClF2O2/c10-5-3-7(11)6(8(12)4-5)1-2-9(13)14/h1-4H,(H,13,14)/b2-1+. The Bertz CT molecular complexity index is 379. The predicted octanol–water partition coefficient (Wildman–Crippen LogP) is 2.72. The van der Waals surface area contributed by atoms with Gasteiger partial charge >= 0.3 is 5.97 Å². The molecule has 0 fully saturated rings. The fraction of sp³-hybridized carbons (Fsp3) is 0. The van der Waals surface area contributed by atoms with E-state index in [1.807, 2.05) is 0 Å². The quantitative estimate of drug-likeness (QED) is 0.775. The van der Waals surface area contributed by atoms with Crippen molar-refractivity contribution in [3.63, 3.8) is 0 Å². The molecule has 0 unspecified atom stereocenters. The number of halogens is 3. The van der Waals surface area contributed by atoms with Crippen LogP contribution in [0.1, 0.15) is 5.56 Å². The minimum Gasteiger partial charge on any atom is -0.478 e. The topological polar surface area (TPSA) is 37.3 Å². The summed E-state index contributed by atoms with van der Waals surface area (Å²) in [6.45, 7) is 0. The summed E-state index contributed by atoms with van der Waals surface area (Å²) in [4.78, 5) is 10.1. The molecule has 0 bridgehead atoms. The molecule has 0 spiro atoms. The molecule has 0 heterocycles. The number of hydrogen-bond acceptors (Lipinski definition) is 1. The summed E-state index contributed by atoms with van der Waals surface area (Å²) < 4.78 is 26.0. The lowest BCUT2D eigenvalue weighted by molar-refractivity contribution is -0.131. The summed E-state index contributed by atoms with van der Waals surface area (Å²) in [5.41, 5.74) is -0.420. The van der Waals surface area contributed by atoms with Gasteiger partial charge in [0.15, 0.2) is 0 Å². The highest BCUT2D eigenvalue weighted by Crippen LogP contribution is 2.19. The molecule has 0 atom stereocenters. The Morgan fingerprint density at radius 2 is 1.86 bits per heavy atom. The van der Waals surface area contributed by atoms with Crippen LogP contribution < -0.4 is 0 Å². The second kappa shape index (κ2) is 4.19. The summed E-state index contributed by atoms with van der Waals surface area (Å²) in [5.74, 6) is -3.07. The van der Waals surface area contributed by atoms with Gasteiger partial charge in [-0.2, -0.15) is 0 Å². The Morgan fingerprint density at radius 3 is 2.29 bits per heavy atom. The van der Waals surface area contributed by atoms with Crippen LogP contribution in [0.5, 0.6) is 0 Å². The van der Waals surface area contributed by atoms with Gasteiger partial charge in [0.05, 0.1) is 0 Å². The van der Waals surface area contributed by atoms with Crippen molar-refractivity contribution in [2.75, 3.05) is 0 Å². The Balaban J connectivity index is 3.15. The van der Waals surface area contributed by atoms with Crippen molar-refractivity contribution in [1.82, 2.24) is 0 Å². The first-order valence-corrected chi connectivity index (χ1v) is 3.94. The van der Waals surface area contributed by atoms with Crippen LogP contribution >= 0.6 is 11.6 Å². The monoisotopic (exact) mass is 218 g/mol. The van der Waals surface area contributed by atoms with Crippen LogP contribution in [0.25, 0.3) is 6.08 Å². The number of aliphatic carboxylic acids is 1. The first kappa shape index (κ1) is 10.7. The van der Waals surface area contributed by atoms with Crippen LogP contribution in [0.15, 0.2) is 18.2 Å². The van der Waals surface area contributed by atoms with E-state index in [9.17, 15) is 13.6 Å². The summed E-state index contributed by atoms with van der Waals surface area (Å²) in [6, 6.07) is 1.82. The third kappa shape index (κ3) is 2.53. The lowest BCUT2D eigenvalue weighted by atomic mass is 10.2. The van der Waals surface area contributed by atoms with Crippen molar-refractivity contribution in [2.45, 2.75) is 0 Å². The van der Waals surface area contributed by atoms with Gasteiger partial charge in [0.25, 0.3) is 0 Å². The molecule has 0 radical (unpaired) electrons. The zero-order chi connectivity index (χ0) is 10.7. The first-order chi connectivity index (χ1) is 6.50. The number of benzene rings is 1. The minimum absolute atomic E-state index is 0.0764. The molecule has 0 aliphatic heterocycles. The number of carboxylic acid groups (broad SMARTS) is 1. The molecular weight excluding hydrogens is 214 g/mol. The lowest BCUT2D eigenvalue weighted by Gasteiger charge is -1.99. The van der Waals surface area contributed by atoms with E-state index < -0.39 is 23.2 Å². The predicted molar refractivity (Wildman–Crippen MR) is 48.0 cm³/mol. The van der Waals surface area contributed by atoms with Crippen LogP contribution in [0.3, 0.4) is 0 Å². The van der Waals surface area contributed by atoms with Gasteiger partial charge in [-0.15, -0.1) is 0 Å². The highest BCUT2D eigenvalue weighted by atomic mass is 35.5. The molecule has 1 N–H and O–H groups in total. The van der Waals surface area contributed by atoms with Gasteiger partial charge in [0.2, 0.25) is 0 Å². The average molecular weight is 219 g/mol. The van der Waals surface area contributed by atoms with E-state index in [1.54, 1.807) is 0 Å². The fourth-order valence-electron chi connectivity index (χ4n) is 0.867. The Morgan fingerprint density at radius 1 is 1.36 bits per heavy atom. The van der Waals surface area contributed by atoms with Crippen molar-refractivity contribution < 1.29 is 18.7 Å². The molecule has 0 aliphatic rings. The maximum absolute atomic E-state index is 13.0. The molecule has 14 heavy (non-hydrogen) atoms. The van der Waals surface area contributed by atoms with Gasteiger partial charge in [-0.1, -0.05) is 11.6 Å². The number of carbonyl (C=O) groups is 1. The van der Waals surface area contributed by atoms with E-state index in [0.29, 0.717) is 6.08 Å². The molecule has 0 amide bonds. The summed E-state index contributed by atoms with van der Waals surface area (Å²) in [7, 11) is 0. The van der Waals surface area contributed by atoms with E-state index in [4.69, 9.17) is 16.7 Å². The first-order valence-electron chi connectivity index (χ1n) is 3.56. The van der Waals surface area contributed by atoms with Crippen LogP contribution in [-0.2, 0) is 4.79 Å². The third-order valence-electron chi connectivity index (χ3n) is 1.44. The second-order valence-electron chi connectivity index (χ2n) is 2.45. The second-order valence-corrected chi connectivity index (χ2v) is 2.89. The number of hydrogen-bond donors (Lipinski definition) is 1. The van der Waals surface area contributed by atoms with Crippen LogP contribution in [0.2, 0.25) is 5.02 Å². The van der Waals surface area contributed by atoms with Gasteiger partial charge in [0.1, 0.15) is 11.6 Å². The molecule has 0 saturated carbocycles. The van der Waals surface area contributed by atoms with E-state index in [0.717, 1.165) is 18.2 Å². The Kier molecular flexibility index (Phi) is 3.19. The largest absolute Gasteiger partial charge is 0.478 e. The molecular formula is C9H5ClF2O2. The number of rotatable bonds is 2. The SMILES string of the molecule is O=C(O)/C=C/c1c(F)cc(Cl)cc1F. The highest BCUT2D eigenvalue weighted by molar-refractivity contribution is 6.30. The van der Waals surface area contributed by atoms with Gasteiger partial charge in [-0.05, 0) is 18.2 Å². The van der Waals surface area contributed by atoms with Crippen molar-refractivity contribution in [3.8, 4) is 0 Å². The smallest absolute Gasteiger partial charge is 0.328 e. The van der Waals surface area contributed by atoms with Gasteiger partial charge < -0.3 is 5.11 Å². The molecule has 74 valence electrons. The van der Waals surface area contributed by atoms with Gasteiger partial charge in [0, 0.05) is 16.7 Å². The Labute approximate surface area is 83.4 Å². The molecule has 2 nitrogen and oxygen atoms in total. The van der Waals surface area contributed by atoms with E-state index in [-0.39, 0.29) is 5.02 Å².